The smallest absolute Gasteiger partial charge is 0.185 e. The largest absolute Gasteiger partial charge is 0.491 e. The average molecular weight is 280 g/mol. The molecular formula is C18H16O3. The van der Waals surface area contributed by atoms with Gasteiger partial charge in [0.25, 0.3) is 0 Å². The van der Waals surface area contributed by atoms with Crippen LogP contribution in [0, 0.1) is 0 Å². The van der Waals surface area contributed by atoms with Crippen LogP contribution in [0.3, 0.4) is 0 Å². The first-order chi connectivity index (χ1) is 10.3. The average Bonchev–Trinajstić information content (AvgIpc) is 3.37. The molecule has 21 heavy (non-hydrogen) atoms. The number of ether oxygens (including phenoxy) is 2. The van der Waals surface area contributed by atoms with Crippen LogP contribution in [0.1, 0.15) is 15.9 Å². The maximum Gasteiger partial charge on any atom is 0.185 e. The van der Waals surface area contributed by atoms with Gasteiger partial charge in [0.1, 0.15) is 18.5 Å². The molecule has 0 bridgehead atoms. The molecule has 3 heteroatoms. The van der Waals surface area contributed by atoms with Crippen molar-refractivity contribution >= 4 is 11.9 Å². The molecule has 1 aliphatic heterocycles. The Kier molecular flexibility index (Phi) is 4.12. The summed E-state index contributed by atoms with van der Waals surface area (Å²) in [5.41, 5.74) is 1.66. The molecule has 3 rings (SSSR count). The quantitative estimate of drug-likeness (QED) is 0.462. The predicted molar refractivity (Wildman–Crippen MR) is 81.5 cm³/mol. The number of hydrogen-bond donors (Lipinski definition) is 0. The minimum Gasteiger partial charge on any atom is -0.491 e. The van der Waals surface area contributed by atoms with E-state index < -0.39 is 0 Å². The minimum absolute atomic E-state index is 0.00167. The summed E-state index contributed by atoms with van der Waals surface area (Å²) >= 11 is 0. The van der Waals surface area contributed by atoms with Crippen LogP contribution in [0.2, 0.25) is 0 Å². The van der Waals surface area contributed by atoms with E-state index in [2.05, 4.69) is 0 Å². The molecule has 1 aliphatic rings. The summed E-state index contributed by atoms with van der Waals surface area (Å²) in [6.07, 6.45) is 3.65. The zero-order valence-corrected chi connectivity index (χ0v) is 11.6. The number of allylic oxidation sites excluding steroid dienone is 1. The Bertz CT molecular complexity index is 625. The summed E-state index contributed by atoms with van der Waals surface area (Å²) in [5.74, 6) is 0.818. The lowest BCUT2D eigenvalue weighted by Crippen LogP contribution is -2.03. The zero-order valence-electron chi connectivity index (χ0n) is 11.6. The van der Waals surface area contributed by atoms with Gasteiger partial charge in [-0.05, 0) is 23.8 Å². The molecule has 2 aromatic rings. The zero-order chi connectivity index (χ0) is 14.5. The molecule has 1 heterocycles. The number of hydrogen-bond acceptors (Lipinski definition) is 3. The van der Waals surface area contributed by atoms with Crippen LogP contribution in [-0.4, -0.2) is 25.1 Å². The lowest BCUT2D eigenvalue weighted by Gasteiger charge is -2.03. The summed E-state index contributed by atoms with van der Waals surface area (Å²) in [6.45, 7) is 1.39. The number of epoxide rings is 1. The maximum absolute atomic E-state index is 11.9. The lowest BCUT2D eigenvalue weighted by molar-refractivity contribution is 0.104. The van der Waals surface area contributed by atoms with E-state index >= 15 is 0 Å². The molecule has 0 spiro atoms. The van der Waals surface area contributed by atoms with Crippen molar-refractivity contribution in [2.45, 2.75) is 6.10 Å². The van der Waals surface area contributed by atoms with Crippen molar-refractivity contribution in [2.75, 3.05) is 13.2 Å². The molecule has 2 aromatic carbocycles. The summed E-state index contributed by atoms with van der Waals surface area (Å²) in [6, 6.07) is 16.9. The second-order valence-corrected chi connectivity index (χ2v) is 4.90. The summed E-state index contributed by atoms with van der Waals surface area (Å²) in [4.78, 5) is 11.9. The number of carbonyl (C=O) groups excluding carboxylic acids is 1. The van der Waals surface area contributed by atoms with Crippen molar-refractivity contribution in [2.24, 2.45) is 0 Å². The molecule has 0 saturated carbocycles. The molecule has 0 radical (unpaired) electrons. The van der Waals surface area contributed by atoms with Gasteiger partial charge >= 0.3 is 0 Å². The molecule has 3 nitrogen and oxygen atoms in total. The van der Waals surface area contributed by atoms with E-state index in [1.54, 1.807) is 6.08 Å². The van der Waals surface area contributed by atoms with E-state index in [-0.39, 0.29) is 11.9 Å². The molecule has 0 N–H and O–H groups in total. The third kappa shape index (κ3) is 4.04. The van der Waals surface area contributed by atoms with Gasteiger partial charge in [-0.2, -0.15) is 0 Å². The first-order valence-corrected chi connectivity index (χ1v) is 6.93. The van der Waals surface area contributed by atoms with Crippen molar-refractivity contribution in [3.63, 3.8) is 0 Å². The van der Waals surface area contributed by atoms with E-state index in [0.717, 1.165) is 17.9 Å². The second kappa shape index (κ2) is 6.37. The SMILES string of the molecule is O=C(/C=C\c1ccc(OC[C@H]2CO2)cc1)c1ccccc1. The Balaban J connectivity index is 1.59. The summed E-state index contributed by atoms with van der Waals surface area (Å²) in [5, 5.41) is 0. The lowest BCUT2D eigenvalue weighted by atomic mass is 10.1. The van der Waals surface area contributed by atoms with Gasteiger partial charge in [0, 0.05) is 5.56 Å². The molecular weight excluding hydrogens is 264 g/mol. The molecule has 1 atom stereocenters. The Labute approximate surface area is 123 Å². The highest BCUT2D eigenvalue weighted by Gasteiger charge is 2.22. The highest BCUT2D eigenvalue weighted by Crippen LogP contribution is 2.16. The van der Waals surface area contributed by atoms with E-state index in [1.165, 1.54) is 0 Å². The Morgan fingerprint density at radius 1 is 1.14 bits per heavy atom. The van der Waals surface area contributed by atoms with E-state index in [1.807, 2.05) is 60.7 Å². The third-order valence-electron chi connectivity index (χ3n) is 3.20. The highest BCUT2D eigenvalue weighted by atomic mass is 16.6. The molecule has 0 aromatic heterocycles. The van der Waals surface area contributed by atoms with Crippen molar-refractivity contribution in [1.29, 1.82) is 0 Å². The molecule has 1 saturated heterocycles. The fourth-order valence-electron chi connectivity index (χ4n) is 1.90. The monoisotopic (exact) mass is 280 g/mol. The fraction of sp³-hybridized carbons (Fsp3) is 0.167. The first kappa shape index (κ1) is 13.6. The first-order valence-electron chi connectivity index (χ1n) is 6.93. The Morgan fingerprint density at radius 3 is 2.52 bits per heavy atom. The van der Waals surface area contributed by atoms with Crippen LogP contribution >= 0.6 is 0 Å². The van der Waals surface area contributed by atoms with E-state index in [0.29, 0.717) is 12.2 Å². The van der Waals surface area contributed by atoms with Gasteiger partial charge in [-0.3, -0.25) is 4.79 Å². The van der Waals surface area contributed by atoms with Crippen LogP contribution in [0.4, 0.5) is 0 Å². The second-order valence-electron chi connectivity index (χ2n) is 4.90. The number of benzene rings is 2. The Hall–Kier alpha value is -2.39. The topological polar surface area (TPSA) is 38.8 Å². The van der Waals surface area contributed by atoms with Gasteiger partial charge in [0.05, 0.1) is 6.61 Å². The highest BCUT2D eigenvalue weighted by molar-refractivity contribution is 6.06. The van der Waals surface area contributed by atoms with Gasteiger partial charge in [0.15, 0.2) is 5.78 Å². The maximum atomic E-state index is 11.9. The van der Waals surface area contributed by atoms with Gasteiger partial charge in [0.2, 0.25) is 0 Å². The van der Waals surface area contributed by atoms with Crippen LogP contribution in [-0.2, 0) is 4.74 Å². The van der Waals surface area contributed by atoms with Crippen molar-refractivity contribution in [1.82, 2.24) is 0 Å². The minimum atomic E-state index is 0.00167. The van der Waals surface area contributed by atoms with Gasteiger partial charge in [-0.15, -0.1) is 0 Å². The number of rotatable bonds is 6. The standard InChI is InChI=1S/C18H16O3/c19-18(15-4-2-1-3-5-15)11-8-14-6-9-16(10-7-14)20-12-17-13-21-17/h1-11,17H,12-13H2/b11-8-/t17-/m0/s1. The van der Waals surface area contributed by atoms with Crippen molar-refractivity contribution in [3.8, 4) is 5.75 Å². The normalized spacial score (nSPS) is 16.9. The molecule has 0 unspecified atom stereocenters. The van der Waals surface area contributed by atoms with Crippen LogP contribution in [0.15, 0.2) is 60.7 Å². The molecule has 1 fully saturated rings. The van der Waals surface area contributed by atoms with Gasteiger partial charge in [-0.25, -0.2) is 0 Å². The van der Waals surface area contributed by atoms with Gasteiger partial charge in [-0.1, -0.05) is 48.5 Å². The molecule has 0 aliphatic carbocycles. The van der Waals surface area contributed by atoms with Crippen LogP contribution < -0.4 is 4.74 Å². The van der Waals surface area contributed by atoms with Crippen LogP contribution in [0.25, 0.3) is 6.08 Å². The van der Waals surface area contributed by atoms with Gasteiger partial charge < -0.3 is 9.47 Å². The third-order valence-corrected chi connectivity index (χ3v) is 3.20. The van der Waals surface area contributed by atoms with E-state index in [4.69, 9.17) is 9.47 Å². The predicted octanol–water partition coefficient (Wildman–Crippen LogP) is 3.36. The molecule has 0 amide bonds. The summed E-state index contributed by atoms with van der Waals surface area (Å²) in [7, 11) is 0. The molecule has 106 valence electrons. The summed E-state index contributed by atoms with van der Waals surface area (Å²) < 4.78 is 10.7. The Morgan fingerprint density at radius 2 is 1.86 bits per heavy atom. The fourth-order valence-corrected chi connectivity index (χ4v) is 1.90. The number of ketones is 1. The van der Waals surface area contributed by atoms with Crippen molar-refractivity contribution < 1.29 is 14.3 Å². The number of carbonyl (C=O) groups is 1. The van der Waals surface area contributed by atoms with E-state index in [9.17, 15) is 4.79 Å². The van der Waals surface area contributed by atoms with Crippen molar-refractivity contribution in [3.05, 3.63) is 71.8 Å². The van der Waals surface area contributed by atoms with Crippen LogP contribution in [0.5, 0.6) is 5.75 Å².